The molecule has 1 heterocycles. The van der Waals surface area contributed by atoms with Crippen LogP contribution in [-0.4, -0.2) is 11.1 Å². The first-order valence-corrected chi connectivity index (χ1v) is 4.61. The van der Waals surface area contributed by atoms with Crippen LogP contribution in [0.1, 0.15) is 11.8 Å². The van der Waals surface area contributed by atoms with Crippen LogP contribution in [0.15, 0.2) is 39.5 Å². The third kappa shape index (κ3) is 2.46. The molecule has 0 amide bonds. The standard InChI is InChI=1S/C11H9NO4.ClH/c12-10(11(14)15)9-5-7(13)6-3-1-2-4-8(6)16-9;/h1-5,10H,12H2,(H,14,15);1H. The van der Waals surface area contributed by atoms with Crippen molar-refractivity contribution in [1.29, 1.82) is 0 Å². The number of fused-ring (bicyclic) bond motifs is 1. The lowest BCUT2D eigenvalue weighted by Gasteiger charge is -2.06. The van der Waals surface area contributed by atoms with Crippen LogP contribution in [0.5, 0.6) is 0 Å². The summed E-state index contributed by atoms with van der Waals surface area (Å²) >= 11 is 0. The monoisotopic (exact) mass is 255 g/mol. The van der Waals surface area contributed by atoms with Crippen LogP contribution < -0.4 is 11.2 Å². The number of rotatable bonds is 2. The smallest absolute Gasteiger partial charge is 0.328 e. The highest BCUT2D eigenvalue weighted by atomic mass is 35.5. The van der Waals surface area contributed by atoms with Crippen LogP contribution >= 0.6 is 12.4 Å². The number of hydrogen-bond donors (Lipinski definition) is 2. The molecule has 5 nitrogen and oxygen atoms in total. The van der Waals surface area contributed by atoms with Crippen molar-refractivity contribution in [3.05, 3.63) is 46.3 Å². The quantitative estimate of drug-likeness (QED) is 0.844. The van der Waals surface area contributed by atoms with Crippen molar-refractivity contribution in [3.63, 3.8) is 0 Å². The van der Waals surface area contributed by atoms with Gasteiger partial charge in [0.1, 0.15) is 11.3 Å². The minimum Gasteiger partial charge on any atom is -0.480 e. The van der Waals surface area contributed by atoms with Gasteiger partial charge in [0.2, 0.25) is 0 Å². The highest BCUT2D eigenvalue weighted by molar-refractivity contribution is 5.85. The van der Waals surface area contributed by atoms with Crippen LogP contribution in [0.3, 0.4) is 0 Å². The van der Waals surface area contributed by atoms with Gasteiger partial charge in [0.05, 0.1) is 5.39 Å². The summed E-state index contributed by atoms with van der Waals surface area (Å²) in [6.07, 6.45) is 0. The topological polar surface area (TPSA) is 93.5 Å². The van der Waals surface area contributed by atoms with Gasteiger partial charge in [-0.2, -0.15) is 0 Å². The molecule has 1 aromatic heterocycles. The molecule has 0 saturated carbocycles. The Hall–Kier alpha value is -1.85. The second-order valence-electron chi connectivity index (χ2n) is 3.33. The van der Waals surface area contributed by atoms with Crippen LogP contribution in [0.2, 0.25) is 0 Å². The molecule has 1 unspecified atom stereocenters. The number of carboxylic acids is 1. The number of nitrogens with two attached hydrogens (primary N) is 1. The van der Waals surface area contributed by atoms with E-state index in [4.69, 9.17) is 15.3 Å². The van der Waals surface area contributed by atoms with Gasteiger partial charge < -0.3 is 15.3 Å². The zero-order valence-electron chi connectivity index (χ0n) is 8.62. The Morgan fingerprint density at radius 1 is 1.35 bits per heavy atom. The van der Waals surface area contributed by atoms with E-state index in [-0.39, 0.29) is 23.6 Å². The summed E-state index contributed by atoms with van der Waals surface area (Å²) < 4.78 is 5.26. The van der Waals surface area contributed by atoms with Crippen LogP contribution in [0, 0.1) is 0 Å². The first kappa shape index (κ1) is 13.2. The molecule has 1 atom stereocenters. The Kier molecular flexibility index (Phi) is 3.88. The van der Waals surface area contributed by atoms with Gasteiger partial charge in [-0.1, -0.05) is 12.1 Å². The third-order valence-corrected chi connectivity index (χ3v) is 2.23. The van der Waals surface area contributed by atoms with Gasteiger partial charge in [-0.05, 0) is 12.1 Å². The number of carboxylic acid groups (broad SMARTS) is 1. The minimum atomic E-state index is -1.32. The van der Waals surface area contributed by atoms with Crippen molar-refractivity contribution in [1.82, 2.24) is 0 Å². The first-order valence-electron chi connectivity index (χ1n) is 4.61. The van der Waals surface area contributed by atoms with E-state index in [2.05, 4.69) is 0 Å². The predicted molar refractivity (Wildman–Crippen MR) is 64.3 cm³/mol. The van der Waals surface area contributed by atoms with Gasteiger partial charge in [0.15, 0.2) is 11.5 Å². The second-order valence-corrected chi connectivity index (χ2v) is 3.33. The molecule has 3 N–H and O–H groups in total. The number of aliphatic carboxylic acids is 1. The van der Waals surface area contributed by atoms with Gasteiger partial charge in [-0.25, -0.2) is 0 Å². The summed E-state index contributed by atoms with van der Waals surface area (Å²) in [5.41, 5.74) is 5.40. The summed E-state index contributed by atoms with van der Waals surface area (Å²) in [7, 11) is 0. The van der Waals surface area contributed by atoms with Crippen molar-refractivity contribution in [3.8, 4) is 0 Å². The van der Waals surface area contributed by atoms with Gasteiger partial charge in [0.25, 0.3) is 0 Å². The fourth-order valence-electron chi connectivity index (χ4n) is 1.40. The summed E-state index contributed by atoms with van der Waals surface area (Å²) in [5.74, 6) is -1.28. The Morgan fingerprint density at radius 2 is 2.00 bits per heavy atom. The number of benzene rings is 1. The third-order valence-electron chi connectivity index (χ3n) is 2.23. The predicted octanol–water partition coefficient (Wildman–Crippen LogP) is 1.30. The van der Waals surface area contributed by atoms with Crippen LogP contribution in [-0.2, 0) is 4.79 Å². The Balaban J connectivity index is 0.00000144. The molecular weight excluding hydrogens is 246 g/mol. The molecule has 0 aliphatic rings. The molecule has 2 rings (SSSR count). The molecule has 0 fully saturated rings. The molecule has 17 heavy (non-hydrogen) atoms. The highest BCUT2D eigenvalue weighted by Gasteiger charge is 2.18. The number of carbonyl (C=O) groups is 1. The minimum absolute atomic E-state index is 0. The highest BCUT2D eigenvalue weighted by Crippen LogP contribution is 2.15. The molecular formula is C11H10ClNO4. The number of halogens is 1. The lowest BCUT2D eigenvalue weighted by Crippen LogP contribution is -2.22. The fraction of sp³-hybridized carbons (Fsp3) is 0.0909. The number of hydrogen-bond acceptors (Lipinski definition) is 4. The number of para-hydroxylation sites is 1. The molecule has 0 radical (unpaired) electrons. The van der Waals surface area contributed by atoms with E-state index < -0.39 is 12.0 Å². The zero-order chi connectivity index (χ0) is 11.7. The maximum atomic E-state index is 11.6. The average Bonchev–Trinajstić information content (AvgIpc) is 2.28. The fourth-order valence-corrected chi connectivity index (χ4v) is 1.40. The Bertz CT molecular complexity index is 608. The molecule has 0 saturated heterocycles. The van der Waals surface area contributed by atoms with Crippen molar-refractivity contribution in [2.75, 3.05) is 0 Å². The molecule has 6 heteroatoms. The van der Waals surface area contributed by atoms with Crippen molar-refractivity contribution in [2.45, 2.75) is 6.04 Å². The molecule has 2 aromatic rings. The van der Waals surface area contributed by atoms with Crippen LogP contribution in [0.4, 0.5) is 0 Å². The lowest BCUT2D eigenvalue weighted by molar-refractivity contribution is -0.139. The normalized spacial score (nSPS) is 11.8. The lowest BCUT2D eigenvalue weighted by atomic mass is 10.1. The van der Waals surface area contributed by atoms with E-state index in [9.17, 15) is 9.59 Å². The molecule has 0 aliphatic carbocycles. The Labute approximate surface area is 102 Å². The van der Waals surface area contributed by atoms with Crippen molar-refractivity contribution >= 4 is 29.3 Å². The van der Waals surface area contributed by atoms with Crippen LogP contribution in [0.25, 0.3) is 11.0 Å². The first-order chi connectivity index (χ1) is 7.59. The summed E-state index contributed by atoms with van der Waals surface area (Å²) in [6, 6.07) is 6.39. The molecule has 90 valence electrons. The largest absolute Gasteiger partial charge is 0.480 e. The van der Waals surface area contributed by atoms with E-state index in [0.717, 1.165) is 6.07 Å². The summed E-state index contributed by atoms with van der Waals surface area (Å²) in [4.78, 5) is 22.3. The molecule has 0 aliphatic heterocycles. The van der Waals surface area contributed by atoms with Gasteiger partial charge in [0, 0.05) is 6.07 Å². The molecule has 0 spiro atoms. The van der Waals surface area contributed by atoms with Crippen molar-refractivity contribution < 1.29 is 14.3 Å². The SMILES string of the molecule is Cl.NC(C(=O)O)c1cc(=O)c2ccccc2o1. The van der Waals surface area contributed by atoms with E-state index >= 15 is 0 Å². The average molecular weight is 256 g/mol. The summed E-state index contributed by atoms with van der Waals surface area (Å²) in [5, 5.41) is 9.12. The van der Waals surface area contributed by atoms with E-state index in [1.807, 2.05) is 0 Å². The van der Waals surface area contributed by atoms with E-state index in [1.54, 1.807) is 24.3 Å². The second kappa shape index (κ2) is 4.99. The Morgan fingerprint density at radius 3 is 2.65 bits per heavy atom. The molecule has 0 bridgehead atoms. The maximum absolute atomic E-state index is 11.6. The zero-order valence-corrected chi connectivity index (χ0v) is 9.44. The van der Waals surface area contributed by atoms with Gasteiger partial charge in [-0.3, -0.25) is 9.59 Å². The van der Waals surface area contributed by atoms with E-state index in [1.165, 1.54) is 0 Å². The summed E-state index contributed by atoms with van der Waals surface area (Å²) in [6.45, 7) is 0. The molecule has 1 aromatic carbocycles. The van der Waals surface area contributed by atoms with Gasteiger partial charge >= 0.3 is 5.97 Å². The van der Waals surface area contributed by atoms with Crippen molar-refractivity contribution in [2.24, 2.45) is 5.73 Å². The van der Waals surface area contributed by atoms with E-state index in [0.29, 0.717) is 11.0 Å². The van der Waals surface area contributed by atoms with Gasteiger partial charge in [-0.15, -0.1) is 12.4 Å². The maximum Gasteiger partial charge on any atom is 0.328 e.